The lowest BCUT2D eigenvalue weighted by Gasteiger charge is -2.15. The molecule has 2 N–H and O–H groups in total. The number of phenolic OH excluding ortho intramolecular Hbond substituents is 1. The van der Waals surface area contributed by atoms with E-state index in [0.29, 0.717) is 18.4 Å². The van der Waals surface area contributed by atoms with E-state index in [-0.39, 0.29) is 0 Å². The first-order valence-corrected chi connectivity index (χ1v) is 6.93. The van der Waals surface area contributed by atoms with Crippen molar-refractivity contribution in [3.63, 3.8) is 0 Å². The predicted octanol–water partition coefficient (Wildman–Crippen LogP) is 2.99. The molecular formula is C17H21NO2. The van der Waals surface area contributed by atoms with Crippen LogP contribution in [0.25, 0.3) is 0 Å². The highest BCUT2D eigenvalue weighted by Crippen LogP contribution is 2.10. The number of ether oxygens (including phenoxy) is 1. The quantitative estimate of drug-likeness (QED) is 0.813. The van der Waals surface area contributed by atoms with Gasteiger partial charge < -0.3 is 15.2 Å². The zero-order valence-corrected chi connectivity index (χ0v) is 11.8. The van der Waals surface area contributed by atoms with E-state index >= 15 is 0 Å². The summed E-state index contributed by atoms with van der Waals surface area (Å²) in [4.78, 5) is 0. The van der Waals surface area contributed by atoms with E-state index in [1.807, 2.05) is 42.5 Å². The highest BCUT2D eigenvalue weighted by molar-refractivity contribution is 5.26. The molecule has 0 saturated heterocycles. The van der Waals surface area contributed by atoms with Gasteiger partial charge in [0.1, 0.15) is 18.1 Å². The Balaban J connectivity index is 1.65. The van der Waals surface area contributed by atoms with Crippen LogP contribution in [0.5, 0.6) is 11.5 Å². The predicted molar refractivity (Wildman–Crippen MR) is 81.2 cm³/mol. The van der Waals surface area contributed by atoms with Crippen molar-refractivity contribution in [2.75, 3.05) is 13.2 Å². The molecule has 0 radical (unpaired) electrons. The molecule has 0 fully saturated rings. The van der Waals surface area contributed by atoms with Crippen LogP contribution in [0.1, 0.15) is 12.5 Å². The van der Waals surface area contributed by atoms with Crippen molar-refractivity contribution < 1.29 is 9.84 Å². The summed E-state index contributed by atoms with van der Waals surface area (Å²) in [5, 5.41) is 12.6. The summed E-state index contributed by atoms with van der Waals surface area (Å²) in [6, 6.07) is 17.5. The number of para-hydroxylation sites is 1. The zero-order chi connectivity index (χ0) is 14.2. The molecule has 2 rings (SSSR count). The lowest BCUT2D eigenvalue weighted by atomic mass is 10.1. The van der Waals surface area contributed by atoms with E-state index in [0.717, 1.165) is 18.7 Å². The van der Waals surface area contributed by atoms with Crippen molar-refractivity contribution in [1.29, 1.82) is 0 Å². The number of phenols is 1. The first kappa shape index (κ1) is 14.4. The fraction of sp³-hybridized carbons (Fsp3) is 0.294. The molecule has 0 unspecified atom stereocenters. The molecule has 0 bridgehead atoms. The molecule has 0 spiro atoms. The van der Waals surface area contributed by atoms with Crippen molar-refractivity contribution in [3.8, 4) is 11.5 Å². The van der Waals surface area contributed by atoms with Gasteiger partial charge in [0, 0.05) is 6.04 Å². The Labute approximate surface area is 120 Å². The molecule has 0 aliphatic rings. The number of hydrogen-bond acceptors (Lipinski definition) is 3. The van der Waals surface area contributed by atoms with E-state index in [4.69, 9.17) is 4.74 Å². The van der Waals surface area contributed by atoms with Crippen molar-refractivity contribution in [2.45, 2.75) is 19.4 Å². The Hall–Kier alpha value is -2.00. The molecule has 2 aromatic carbocycles. The number of aromatic hydroxyl groups is 1. The van der Waals surface area contributed by atoms with Crippen LogP contribution in [-0.4, -0.2) is 24.3 Å². The Morgan fingerprint density at radius 3 is 2.45 bits per heavy atom. The van der Waals surface area contributed by atoms with Gasteiger partial charge in [0.05, 0.1) is 0 Å². The molecule has 0 amide bonds. The zero-order valence-electron chi connectivity index (χ0n) is 11.8. The fourth-order valence-electron chi connectivity index (χ4n) is 1.92. The number of hydrogen-bond donors (Lipinski definition) is 2. The molecule has 3 heteroatoms. The molecule has 0 aliphatic heterocycles. The first-order valence-electron chi connectivity index (χ1n) is 6.93. The number of rotatable bonds is 7. The van der Waals surface area contributed by atoms with E-state index in [1.54, 1.807) is 12.1 Å². The van der Waals surface area contributed by atoms with E-state index in [1.165, 1.54) is 5.56 Å². The minimum Gasteiger partial charge on any atom is -0.508 e. The molecule has 106 valence electrons. The summed E-state index contributed by atoms with van der Waals surface area (Å²) in [5.41, 5.74) is 1.21. The molecule has 0 heterocycles. The van der Waals surface area contributed by atoms with E-state index in [9.17, 15) is 5.11 Å². The second-order valence-corrected chi connectivity index (χ2v) is 4.90. The van der Waals surface area contributed by atoms with Crippen LogP contribution < -0.4 is 10.1 Å². The first-order chi connectivity index (χ1) is 9.74. The molecule has 2 aromatic rings. The van der Waals surface area contributed by atoms with Gasteiger partial charge >= 0.3 is 0 Å². The van der Waals surface area contributed by atoms with E-state index in [2.05, 4.69) is 12.2 Å². The SMILES string of the molecule is C[C@H](COc1ccccc1)NCCc1ccc(O)cc1. The summed E-state index contributed by atoms with van der Waals surface area (Å²) < 4.78 is 5.69. The smallest absolute Gasteiger partial charge is 0.119 e. The molecule has 0 aliphatic carbocycles. The maximum Gasteiger partial charge on any atom is 0.119 e. The van der Waals surface area contributed by atoms with Crippen LogP contribution in [0.2, 0.25) is 0 Å². The number of benzene rings is 2. The van der Waals surface area contributed by atoms with Gasteiger partial charge in [-0.3, -0.25) is 0 Å². The third-order valence-electron chi connectivity index (χ3n) is 3.09. The van der Waals surface area contributed by atoms with Gasteiger partial charge in [-0.1, -0.05) is 30.3 Å². The summed E-state index contributed by atoms with van der Waals surface area (Å²) >= 11 is 0. The monoisotopic (exact) mass is 271 g/mol. The largest absolute Gasteiger partial charge is 0.508 e. The Morgan fingerprint density at radius 2 is 1.75 bits per heavy atom. The molecule has 1 atom stereocenters. The van der Waals surface area contributed by atoms with Crippen LogP contribution in [0.15, 0.2) is 54.6 Å². The third kappa shape index (κ3) is 4.94. The van der Waals surface area contributed by atoms with Crippen LogP contribution in [0, 0.1) is 0 Å². The lowest BCUT2D eigenvalue weighted by Crippen LogP contribution is -2.33. The van der Waals surface area contributed by atoms with Crippen LogP contribution in [0.3, 0.4) is 0 Å². The average Bonchev–Trinajstić information content (AvgIpc) is 2.48. The topological polar surface area (TPSA) is 41.5 Å². The van der Waals surface area contributed by atoms with Crippen LogP contribution in [-0.2, 0) is 6.42 Å². The average molecular weight is 271 g/mol. The van der Waals surface area contributed by atoms with Gasteiger partial charge in [0.2, 0.25) is 0 Å². The third-order valence-corrected chi connectivity index (χ3v) is 3.09. The van der Waals surface area contributed by atoms with Gasteiger partial charge in [-0.25, -0.2) is 0 Å². The summed E-state index contributed by atoms with van der Waals surface area (Å²) in [6.07, 6.45) is 0.940. The molecule has 0 saturated carbocycles. The summed E-state index contributed by atoms with van der Waals surface area (Å²) in [6.45, 7) is 3.66. The van der Waals surface area contributed by atoms with Gasteiger partial charge in [-0.15, -0.1) is 0 Å². The summed E-state index contributed by atoms with van der Waals surface area (Å²) in [5.74, 6) is 1.21. The van der Waals surface area contributed by atoms with Crippen molar-refractivity contribution in [2.24, 2.45) is 0 Å². The van der Waals surface area contributed by atoms with Crippen molar-refractivity contribution in [1.82, 2.24) is 5.32 Å². The molecule has 20 heavy (non-hydrogen) atoms. The van der Waals surface area contributed by atoms with Crippen molar-refractivity contribution >= 4 is 0 Å². The second-order valence-electron chi connectivity index (χ2n) is 4.90. The molecule has 3 nitrogen and oxygen atoms in total. The minimum absolute atomic E-state index is 0.298. The fourth-order valence-corrected chi connectivity index (χ4v) is 1.92. The second kappa shape index (κ2) is 7.56. The van der Waals surface area contributed by atoms with Gasteiger partial charge in [-0.2, -0.15) is 0 Å². The Kier molecular flexibility index (Phi) is 5.44. The van der Waals surface area contributed by atoms with Gasteiger partial charge in [0.25, 0.3) is 0 Å². The normalized spacial score (nSPS) is 12.1. The van der Waals surface area contributed by atoms with Crippen LogP contribution in [0.4, 0.5) is 0 Å². The molecule has 0 aromatic heterocycles. The Bertz CT molecular complexity index is 496. The van der Waals surface area contributed by atoms with Gasteiger partial charge in [-0.05, 0) is 49.7 Å². The maximum absolute atomic E-state index is 9.22. The minimum atomic E-state index is 0.298. The van der Waals surface area contributed by atoms with Crippen molar-refractivity contribution in [3.05, 3.63) is 60.2 Å². The highest BCUT2D eigenvalue weighted by atomic mass is 16.5. The van der Waals surface area contributed by atoms with Crippen LogP contribution >= 0.6 is 0 Å². The van der Waals surface area contributed by atoms with Gasteiger partial charge in [0.15, 0.2) is 0 Å². The highest BCUT2D eigenvalue weighted by Gasteiger charge is 2.02. The van der Waals surface area contributed by atoms with E-state index < -0.39 is 0 Å². The lowest BCUT2D eigenvalue weighted by molar-refractivity contribution is 0.274. The Morgan fingerprint density at radius 1 is 1.05 bits per heavy atom. The molecular weight excluding hydrogens is 250 g/mol. The number of nitrogens with one attached hydrogen (secondary N) is 1. The standard InChI is InChI=1S/C17H21NO2/c1-14(13-20-17-5-3-2-4-6-17)18-12-11-15-7-9-16(19)10-8-15/h2-10,14,18-19H,11-13H2,1H3/t14-/m1/s1. The summed E-state index contributed by atoms with van der Waals surface area (Å²) in [7, 11) is 0. The maximum atomic E-state index is 9.22.